The molecular formula is C15H17N3O2. The van der Waals surface area contributed by atoms with Crippen LogP contribution >= 0.6 is 0 Å². The molecule has 3 rings (SSSR count). The highest BCUT2D eigenvalue weighted by molar-refractivity contribution is 5.81. The fraction of sp³-hybridized carbons (Fsp3) is 0.333. The molecule has 1 aromatic carbocycles. The molecule has 1 heterocycles. The van der Waals surface area contributed by atoms with Crippen LogP contribution in [0.2, 0.25) is 0 Å². The van der Waals surface area contributed by atoms with Crippen LogP contribution in [0.3, 0.4) is 0 Å². The number of aliphatic hydroxyl groups excluding tert-OH is 1. The van der Waals surface area contributed by atoms with Crippen LogP contribution in [0.5, 0.6) is 0 Å². The number of hydrogen-bond acceptors (Lipinski definition) is 3. The standard InChI is InChI=1S/C15H17N3O2/c19-14(7-11-8-16-9-17-11)15(20)18-13-6-5-10-3-1-2-4-12(10)13/h1-4,8-9,13-14,19H,5-7H2,(H,16,17)(H,18,20)/t13?,14-/m1/s1. The molecule has 1 amide bonds. The van der Waals surface area contributed by atoms with Gasteiger partial charge in [0.15, 0.2) is 0 Å². The lowest BCUT2D eigenvalue weighted by Crippen LogP contribution is -2.37. The Morgan fingerprint density at radius 1 is 1.50 bits per heavy atom. The van der Waals surface area contributed by atoms with E-state index in [-0.39, 0.29) is 18.4 Å². The van der Waals surface area contributed by atoms with Crippen molar-refractivity contribution in [2.45, 2.75) is 31.4 Å². The average Bonchev–Trinajstić information content (AvgIpc) is 3.09. The molecule has 1 aliphatic carbocycles. The highest BCUT2D eigenvalue weighted by Crippen LogP contribution is 2.30. The first-order chi connectivity index (χ1) is 9.74. The molecule has 3 N–H and O–H groups in total. The van der Waals surface area contributed by atoms with E-state index in [1.165, 1.54) is 11.9 Å². The molecule has 0 saturated heterocycles. The van der Waals surface area contributed by atoms with E-state index in [0.717, 1.165) is 24.1 Å². The Kier molecular flexibility index (Phi) is 3.52. The number of benzene rings is 1. The fourth-order valence-electron chi connectivity index (χ4n) is 2.67. The molecule has 1 aromatic heterocycles. The van der Waals surface area contributed by atoms with E-state index < -0.39 is 6.10 Å². The molecule has 0 aliphatic heterocycles. The molecule has 1 unspecified atom stereocenters. The van der Waals surface area contributed by atoms with Gasteiger partial charge in [-0.15, -0.1) is 0 Å². The number of carbonyl (C=O) groups is 1. The van der Waals surface area contributed by atoms with Crippen LogP contribution in [0.25, 0.3) is 0 Å². The highest BCUT2D eigenvalue weighted by atomic mass is 16.3. The van der Waals surface area contributed by atoms with Crippen LogP contribution in [0.15, 0.2) is 36.8 Å². The summed E-state index contributed by atoms with van der Waals surface area (Å²) < 4.78 is 0. The lowest BCUT2D eigenvalue weighted by Gasteiger charge is -2.17. The monoisotopic (exact) mass is 271 g/mol. The van der Waals surface area contributed by atoms with Crippen molar-refractivity contribution in [3.8, 4) is 0 Å². The van der Waals surface area contributed by atoms with E-state index in [1.54, 1.807) is 6.20 Å². The maximum atomic E-state index is 12.0. The summed E-state index contributed by atoms with van der Waals surface area (Å²) in [6.45, 7) is 0. The second-order valence-corrected chi connectivity index (χ2v) is 5.10. The highest BCUT2D eigenvalue weighted by Gasteiger charge is 2.26. The summed E-state index contributed by atoms with van der Waals surface area (Å²) in [5, 5.41) is 12.9. The van der Waals surface area contributed by atoms with Gasteiger partial charge in [-0.2, -0.15) is 0 Å². The summed E-state index contributed by atoms with van der Waals surface area (Å²) in [5.74, 6) is -0.332. The number of hydrogen-bond donors (Lipinski definition) is 3. The largest absolute Gasteiger partial charge is 0.383 e. The Morgan fingerprint density at radius 2 is 2.35 bits per heavy atom. The van der Waals surface area contributed by atoms with Crippen LogP contribution in [0.1, 0.15) is 29.3 Å². The van der Waals surface area contributed by atoms with Crippen LogP contribution in [0.4, 0.5) is 0 Å². The lowest BCUT2D eigenvalue weighted by atomic mass is 10.1. The molecule has 0 bridgehead atoms. The molecular weight excluding hydrogens is 254 g/mol. The van der Waals surface area contributed by atoms with Gasteiger partial charge in [0, 0.05) is 18.3 Å². The van der Waals surface area contributed by atoms with E-state index >= 15 is 0 Å². The van der Waals surface area contributed by atoms with Crippen LogP contribution < -0.4 is 5.32 Å². The minimum Gasteiger partial charge on any atom is -0.383 e. The Balaban J connectivity index is 1.62. The van der Waals surface area contributed by atoms with E-state index in [9.17, 15) is 9.90 Å². The zero-order chi connectivity index (χ0) is 13.9. The van der Waals surface area contributed by atoms with Crippen molar-refractivity contribution in [2.75, 3.05) is 0 Å². The predicted molar refractivity (Wildman–Crippen MR) is 73.9 cm³/mol. The van der Waals surface area contributed by atoms with Crippen LogP contribution in [-0.4, -0.2) is 27.1 Å². The molecule has 2 atom stereocenters. The number of H-pyrrole nitrogens is 1. The Bertz CT molecular complexity index is 595. The molecule has 0 saturated carbocycles. The number of nitrogens with zero attached hydrogens (tertiary/aromatic N) is 1. The maximum absolute atomic E-state index is 12.0. The first-order valence-electron chi connectivity index (χ1n) is 6.77. The summed E-state index contributed by atoms with van der Waals surface area (Å²) >= 11 is 0. The maximum Gasteiger partial charge on any atom is 0.249 e. The quantitative estimate of drug-likeness (QED) is 0.779. The van der Waals surface area contributed by atoms with Gasteiger partial charge in [-0.25, -0.2) is 4.98 Å². The van der Waals surface area contributed by atoms with Crippen molar-refractivity contribution in [1.29, 1.82) is 0 Å². The second-order valence-electron chi connectivity index (χ2n) is 5.10. The van der Waals surface area contributed by atoms with Crippen LogP contribution in [-0.2, 0) is 17.6 Å². The first kappa shape index (κ1) is 12.9. The number of carbonyl (C=O) groups excluding carboxylic acids is 1. The summed E-state index contributed by atoms with van der Waals surface area (Å²) in [7, 11) is 0. The lowest BCUT2D eigenvalue weighted by molar-refractivity contribution is -0.130. The van der Waals surface area contributed by atoms with Gasteiger partial charge in [0.25, 0.3) is 0 Å². The molecule has 1 aliphatic rings. The number of nitrogens with one attached hydrogen (secondary N) is 2. The van der Waals surface area contributed by atoms with Crippen molar-refractivity contribution in [3.63, 3.8) is 0 Å². The van der Waals surface area contributed by atoms with E-state index in [2.05, 4.69) is 21.4 Å². The number of rotatable bonds is 4. The fourth-order valence-corrected chi connectivity index (χ4v) is 2.67. The van der Waals surface area contributed by atoms with E-state index in [4.69, 9.17) is 0 Å². The first-order valence-corrected chi connectivity index (χ1v) is 6.77. The van der Waals surface area contributed by atoms with Crippen molar-refractivity contribution in [3.05, 3.63) is 53.6 Å². The molecule has 104 valence electrons. The van der Waals surface area contributed by atoms with Gasteiger partial charge < -0.3 is 15.4 Å². The summed E-state index contributed by atoms with van der Waals surface area (Å²) in [6.07, 6.45) is 4.21. The van der Waals surface area contributed by atoms with Crippen molar-refractivity contribution in [1.82, 2.24) is 15.3 Å². The second kappa shape index (κ2) is 5.46. The molecule has 0 fully saturated rings. The van der Waals surface area contributed by atoms with Gasteiger partial charge in [-0.1, -0.05) is 24.3 Å². The Labute approximate surface area is 117 Å². The van der Waals surface area contributed by atoms with Gasteiger partial charge in [0.05, 0.1) is 12.4 Å². The number of aromatic nitrogens is 2. The van der Waals surface area contributed by atoms with Crippen molar-refractivity contribution in [2.24, 2.45) is 0 Å². The number of fused-ring (bicyclic) bond motifs is 1. The molecule has 0 spiro atoms. The zero-order valence-corrected chi connectivity index (χ0v) is 11.0. The topological polar surface area (TPSA) is 78.0 Å². The van der Waals surface area contributed by atoms with Gasteiger partial charge in [0.1, 0.15) is 6.10 Å². The van der Waals surface area contributed by atoms with Crippen molar-refractivity contribution < 1.29 is 9.90 Å². The average molecular weight is 271 g/mol. The molecule has 5 heteroatoms. The summed E-state index contributed by atoms with van der Waals surface area (Å²) in [4.78, 5) is 18.8. The third-order valence-corrected chi connectivity index (χ3v) is 3.72. The Hall–Kier alpha value is -2.14. The minimum atomic E-state index is -1.05. The minimum absolute atomic E-state index is 0.00937. The van der Waals surface area contributed by atoms with Gasteiger partial charge >= 0.3 is 0 Å². The molecule has 0 radical (unpaired) electrons. The number of aromatic amines is 1. The normalized spacial score (nSPS) is 18.6. The van der Waals surface area contributed by atoms with Gasteiger partial charge in [-0.3, -0.25) is 4.79 Å². The zero-order valence-electron chi connectivity index (χ0n) is 11.0. The SMILES string of the molecule is O=C(NC1CCc2ccccc21)[C@H](O)Cc1cnc[nH]1. The number of aryl methyl sites for hydroxylation is 1. The predicted octanol–water partition coefficient (Wildman–Crippen LogP) is 1.12. The van der Waals surface area contributed by atoms with Crippen LogP contribution in [0, 0.1) is 0 Å². The molecule has 5 nitrogen and oxygen atoms in total. The number of aliphatic hydroxyl groups is 1. The van der Waals surface area contributed by atoms with E-state index in [0.29, 0.717) is 0 Å². The summed E-state index contributed by atoms with van der Waals surface area (Å²) in [6, 6.07) is 8.12. The molecule has 2 aromatic rings. The third kappa shape index (κ3) is 2.58. The van der Waals surface area contributed by atoms with E-state index in [1.807, 2.05) is 18.2 Å². The van der Waals surface area contributed by atoms with Crippen molar-refractivity contribution >= 4 is 5.91 Å². The summed E-state index contributed by atoms with van der Waals surface area (Å²) in [5.41, 5.74) is 3.19. The smallest absolute Gasteiger partial charge is 0.249 e. The Morgan fingerprint density at radius 3 is 3.15 bits per heavy atom. The number of amides is 1. The molecule has 20 heavy (non-hydrogen) atoms. The number of imidazole rings is 1. The van der Waals surface area contributed by atoms with Gasteiger partial charge in [0.2, 0.25) is 5.91 Å². The van der Waals surface area contributed by atoms with Gasteiger partial charge in [-0.05, 0) is 24.0 Å². The third-order valence-electron chi connectivity index (χ3n) is 3.72.